The molecular formula is C40H56O2. The van der Waals surface area contributed by atoms with Crippen molar-refractivity contribution in [2.75, 3.05) is 0 Å². The zero-order chi connectivity index (χ0) is 31.1. The molecule has 3 aliphatic rings. The molecule has 0 radical (unpaired) electrons. The van der Waals surface area contributed by atoms with E-state index in [9.17, 15) is 10.2 Å². The average Bonchev–Trinajstić information content (AvgIpc) is 3.30. The maximum absolute atomic E-state index is 10.3. The molecule has 0 spiro atoms. The van der Waals surface area contributed by atoms with Gasteiger partial charge in [-0.15, -0.1) is 0 Å². The van der Waals surface area contributed by atoms with Crippen LogP contribution in [0.3, 0.4) is 0 Å². The molecule has 0 saturated heterocycles. The van der Waals surface area contributed by atoms with Crippen LogP contribution in [0.5, 0.6) is 0 Å². The Bertz CT molecular complexity index is 1280. The minimum Gasteiger partial charge on any atom is -0.393 e. The summed E-state index contributed by atoms with van der Waals surface area (Å²) in [5, 5.41) is 20.4. The average molecular weight is 569 g/mol. The fourth-order valence-electron chi connectivity index (χ4n) is 7.09. The monoisotopic (exact) mass is 568 g/mol. The molecule has 0 bridgehead atoms. The third kappa shape index (κ3) is 9.68. The Morgan fingerprint density at radius 2 is 1.26 bits per heavy atom. The van der Waals surface area contributed by atoms with Gasteiger partial charge in [-0.2, -0.15) is 0 Å². The van der Waals surface area contributed by atoms with E-state index in [1.165, 1.54) is 33.4 Å². The topological polar surface area (TPSA) is 40.5 Å². The fraction of sp³-hybridized carbons (Fsp3) is 0.500. The molecule has 1 saturated carbocycles. The Balaban J connectivity index is 1.50. The van der Waals surface area contributed by atoms with E-state index in [1.807, 2.05) is 0 Å². The number of allylic oxidation sites excluding steroid dienone is 19. The number of fused-ring (bicyclic) bond motifs is 1. The standard InChI is InChI=1S/C40H56O2/c1-28(16-12-17-30(3)20-21-37-32(5)22-35(41)26-39(37,6)7)14-10-11-15-29(2)18-13-19-31(4)33-23-34-24-36(42)27-40(8,9)38(34)25-33/h10-21,25,33-36,41-42H,22-24,26-27H2,1-9H3/b11-10+,16-12+,18-13+,21-20+,28-14+,29-15+,30-17+,31-19+/t33-,34+,35+,36+/m0/s1. The molecule has 0 unspecified atom stereocenters. The van der Waals surface area contributed by atoms with Crippen molar-refractivity contribution in [2.45, 2.75) is 107 Å². The van der Waals surface area contributed by atoms with Gasteiger partial charge in [-0.25, -0.2) is 0 Å². The predicted molar refractivity (Wildman–Crippen MR) is 182 cm³/mol. The zero-order valence-corrected chi connectivity index (χ0v) is 27.7. The van der Waals surface area contributed by atoms with Crippen molar-refractivity contribution in [3.8, 4) is 0 Å². The number of rotatable bonds is 9. The molecule has 0 heterocycles. The second-order valence-corrected chi connectivity index (χ2v) is 14.4. The number of aliphatic hydroxyl groups excluding tert-OH is 2. The minimum absolute atomic E-state index is 0.00807. The molecular weight excluding hydrogens is 512 g/mol. The van der Waals surface area contributed by atoms with Gasteiger partial charge >= 0.3 is 0 Å². The first-order valence-electron chi connectivity index (χ1n) is 15.9. The number of hydrogen-bond acceptors (Lipinski definition) is 2. The molecule has 3 aliphatic carbocycles. The van der Waals surface area contributed by atoms with Crippen LogP contribution in [0.4, 0.5) is 0 Å². The summed E-state index contributed by atoms with van der Waals surface area (Å²) in [5.74, 6) is 1.02. The third-order valence-corrected chi connectivity index (χ3v) is 9.28. The quantitative estimate of drug-likeness (QED) is 0.215. The molecule has 2 nitrogen and oxygen atoms in total. The lowest BCUT2D eigenvalue weighted by Crippen LogP contribution is -2.32. The van der Waals surface area contributed by atoms with Crippen LogP contribution in [-0.2, 0) is 0 Å². The normalized spacial score (nSPS) is 29.5. The summed E-state index contributed by atoms with van der Waals surface area (Å²) in [6.07, 6.45) is 32.5. The molecule has 0 amide bonds. The van der Waals surface area contributed by atoms with Crippen LogP contribution < -0.4 is 0 Å². The van der Waals surface area contributed by atoms with Crippen molar-refractivity contribution in [2.24, 2.45) is 22.7 Å². The zero-order valence-electron chi connectivity index (χ0n) is 27.7. The Morgan fingerprint density at radius 3 is 1.88 bits per heavy atom. The fourth-order valence-corrected chi connectivity index (χ4v) is 7.09. The van der Waals surface area contributed by atoms with Crippen LogP contribution in [0.1, 0.15) is 94.4 Å². The summed E-state index contributed by atoms with van der Waals surface area (Å²) in [5.41, 5.74) is 9.34. The van der Waals surface area contributed by atoms with E-state index in [0.717, 1.165) is 32.1 Å². The molecule has 0 aliphatic heterocycles. The van der Waals surface area contributed by atoms with E-state index < -0.39 is 0 Å². The molecule has 228 valence electrons. The summed E-state index contributed by atoms with van der Waals surface area (Å²) in [6.45, 7) is 19.8. The second-order valence-electron chi connectivity index (χ2n) is 14.4. The Labute approximate surface area is 257 Å². The van der Waals surface area contributed by atoms with E-state index in [-0.39, 0.29) is 23.0 Å². The maximum atomic E-state index is 10.3. The van der Waals surface area contributed by atoms with E-state index in [1.54, 1.807) is 5.57 Å². The first kappa shape index (κ1) is 33.8. The molecule has 3 rings (SSSR count). The van der Waals surface area contributed by atoms with Crippen LogP contribution in [0.25, 0.3) is 0 Å². The van der Waals surface area contributed by atoms with Crippen molar-refractivity contribution < 1.29 is 10.2 Å². The van der Waals surface area contributed by atoms with Crippen molar-refractivity contribution in [1.82, 2.24) is 0 Å². The smallest absolute Gasteiger partial charge is 0.0585 e. The van der Waals surface area contributed by atoms with Gasteiger partial charge in [-0.1, -0.05) is 140 Å². The maximum Gasteiger partial charge on any atom is 0.0585 e. The molecule has 0 aromatic carbocycles. The first-order chi connectivity index (χ1) is 19.7. The third-order valence-electron chi connectivity index (χ3n) is 9.28. The van der Waals surface area contributed by atoms with Crippen molar-refractivity contribution in [3.05, 3.63) is 118 Å². The first-order valence-corrected chi connectivity index (χ1v) is 15.9. The van der Waals surface area contributed by atoms with Gasteiger partial charge in [-0.05, 0) is 95.0 Å². The van der Waals surface area contributed by atoms with Gasteiger partial charge < -0.3 is 10.2 Å². The highest BCUT2D eigenvalue weighted by Crippen LogP contribution is 2.51. The summed E-state index contributed by atoms with van der Waals surface area (Å²) in [7, 11) is 0. The SMILES string of the molecule is CC1=C(/C=C/C(C)=C/C=C/C(C)=C/C=C/C=C(C)/C=C/C=C(\C)[C@@H]2C=C3[C@@H](C[C@@H](O)CC3(C)C)C2)C(C)(C)C[C@H](O)C1. The second kappa shape index (κ2) is 14.7. The van der Waals surface area contributed by atoms with E-state index >= 15 is 0 Å². The van der Waals surface area contributed by atoms with Gasteiger partial charge in [-0.3, -0.25) is 0 Å². The largest absolute Gasteiger partial charge is 0.393 e. The van der Waals surface area contributed by atoms with Gasteiger partial charge in [0, 0.05) is 0 Å². The van der Waals surface area contributed by atoms with Gasteiger partial charge in [0.1, 0.15) is 0 Å². The Kier molecular flexibility index (Phi) is 11.8. The molecule has 0 aromatic rings. The van der Waals surface area contributed by atoms with Crippen molar-refractivity contribution in [3.63, 3.8) is 0 Å². The van der Waals surface area contributed by atoms with Crippen LogP contribution in [0, 0.1) is 22.7 Å². The highest BCUT2D eigenvalue weighted by molar-refractivity contribution is 5.38. The van der Waals surface area contributed by atoms with Crippen LogP contribution in [-0.4, -0.2) is 22.4 Å². The molecule has 1 fully saturated rings. The molecule has 4 atom stereocenters. The van der Waals surface area contributed by atoms with Gasteiger partial charge in [0.25, 0.3) is 0 Å². The molecule has 42 heavy (non-hydrogen) atoms. The lowest BCUT2D eigenvalue weighted by molar-refractivity contribution is 0.0742. The van der Waals surface area contributed by atoms with Crippen molar-refractivity contribution in [1.29, 1.82) is 0 Å². The van der Waals surface area contributed by atoms with Crippen LogP contribution in [0.2, 0.25) is 0 Å². The van der Waals surface area contributed by atoms with Gasteiger partial charge in [0.2, 0.25) is 0 Å². The Morgan fingerprint density at radius 1 is 0.714 bits per heavy atom. The lowest BCUT2D eigenvalue weighted by Gasteiger charge is -2.39. The summed E-state index contributed by atoms with van der Waals surface area (Å²) in [6, 6.07) is 0. The lowest BCUT2D eigenvalue weighted by atomic mass is 9.68. The molecule has 0 aromatic heterocycles. The molecule has 2 heteroatoms. The van der Waals surface area contributed by atoms with Gasteiger partial charge in [0.05, 0.1) is 12.2 Å². The summed E-state index contributed by atoms with van der Waals surface area (Å²) in [4.78, 5) is 0. The van der Waals surface area contributed by atoms with E-state index in [4.69, 9.17) is 0 Å². The summed E-state index contributed by atoms with van der Waals surface area (Å²) >= 11 is 0. The summed E-state index contributed by atoms with van der Waals surface area (Å²) < 4.78 is 0. The van der Waals surface area contributed by atoms with E-state index in [2.05, 4.69) is 141 Å². The number of aliphatic hydroxyl groups is 2. The highest BCUT2D eigenvalue weighted by Gasteiger charge is 2.41. The predicted octanol–water partition coefficient (Wildman–Crippen LogP) is 10.2. The van der Waals surface area contributed by atoms with E-state index in [0.29, 0.717) is 11.8 Å². The number of hydrogen-bond donors (Lipinski definition) is 2. The minimum atomic E-state index is -0.224. The van der Waals surface area contributed by atoms with Crippen LogP contribution >= 0.6 is 0 Å². The van der Waals surface area contributed by atoms with Crippen LogP contribution in [0.15, 0.2) is 118 Å². The van der Waals surface area contributed by atoms with Gasteiger partial charge in [0.15, 0.2) is 0 Å². The molecule has 2 N–H and O–H groups in total. The highest BCUT2D eigenvalue weighted by atomic mass is 16.3. The van der Waals surface area contributed by atoms with Crippen molar-refractivity contribution >= 4 is 0 Å². The Hall–Kier alpha value is -2.68.